The van der Waals surface area contributed by atoms with E-state index >= 15 is 0 Å². The van der Waals surface area contributed by atoms with Crippen LogP contribution in [0.4, 0.5) is 5.69 Å². The molecule has 0 bridgehead atoms. The number of benzene rings is 1. The summed E-state index contributed by atoms with van der Waals surface area (Å²) in [7, 11) is 0. The van der Waals surface area contributed by atoms with Crippen LogP contribution < -0.4 is 4.90 Å². The quantitative estimate of drug-likeness (QED) is 0.852. The monoisotopic (exact) mass is 248 g/mol. The Morgan fingerprint density at radius 2 is 2.00 bits per heavy atom. The molecule has 0 spiro atoms. The second-order valence-corrected chi connectivity index (χ2v) is 4.80. The summed E-state index contributed by atoms with van der Waals surface area (Å²) in [5, 5.41) is 9.93. The molecule has 1 saturated heterocycles. The van der Waals surface area contributed by atoms with Gasteiger partial charge in [0.1, 0.15) is 0 Å². The van der Waals surface area contributed by atoms with Crippen LogP contribution in [-0.2, 0) is 4.79 Å². The molecule has 18 heavy (non-hydrogen) atoms. The number of nitrogens with zero attached hydrogens (tertiary/aromatic N) is 2. The molecule has 1 heterocycles. The van der Waals surface area contributed by atoms with Crippen molar-refractivity contribution in [2.75, 3.05) is 24.5 Å². The van der Waals surface area contributed by atoms with E-state index in [0.717, 1.165) is 12.2 Å². The van der Waals surface area contributed by atoms with Crippen LogP contribution in [-0.4, -0.2) is 47.7 Å². The third kappa shape index (κ3) is 2.64. The Balaban J connectivity index is 2.18. The molecule has 1 aliphatic rings. The van der Waals surface area contributed by atoms with Crippen molar-refractivity contribution in [3.63, 3.8) is 0 Å². The minimum Gasteiger partial charge on any atom is -0.391 e. The highest BCUT2D eigenvalue weighted by atomic mass is 16.3. The zero-order chi connectivity index (χ0) is 13.1. The molecule has 1 fully saturated rings. The summed E-state index contributed by atoms with van der Waals surface area (Å²) in [6.45, 7) is 5.43. The highest BCUT2D eigenvalue weighted by Crippen LogP contribution is 2.22. The zero-order valence-electron chi connectivity index (χ0n) is 10.9. The van der Waals surface area contributed by atoms with Crippen molar-refractivity contribution in [2.24, 2.45) is 0 Å². The topological polar surface area (TPSA) is 43.8 Å². The molecule has 1 aromatic rings. The van der Waals surface area contributed by atoms with Gasteiger partial charge in [-0.1, -0.05) is 18.2 Å². The summed E-state index contributed by atoms with van der Waals surface area (Å²) in [5.41, 5.74) is 1.10. The lowest BCUT2D eigenvalue weighted by Crippen LogP contribution is -2.58. The zero-order valence-corrected chi connectivity index (χ0v) is 10.9. The van der Waals surface area contributed by atoms with E-state index in [1.54, 1.807) is 18.7 Å². The van der Waals surface area contributed by atoms with E-state index in [-0.39, 0.29) is 11.9 Å². The predicted octanol–water partition coefficient (Wildman–Crippen LogP) is 1.10. The van der Waals surface area contributed by atoms with E-state index in [1.165, 1.54) is 0 Å². The van der Waals surface area contributed by atoms with Crippen molar-refractivity contribution in [3.05, 3.63) is 30.3 Å². The van der Waals surface area contributed by atoms with Gasteiger partial charge < -0.3 is 14.9 Å². The van der Waals surface area contributed by atoms with Crippen molar-refractivity contribution in [2.45, 2.75) is 26.0 Å². The molecule has 2 rings (SSSR count). The molecule has 0 saturated carbocycles. The second-order valence-electron chi connectivity index (χ2n) is 4.80. The lowest BCUT2D eigenvalue weighted by Gasteiger charge is -2.43. The Kier molecular flexibility index (Phi) is 3.87. The number of carbonyl (C=O) groups is 1. The fourth-order valence-corrected chi connectivity index (χ4v) is 2.45. The third-order valence-electron chi connectivity index (χ3n) is 3.51. The first-order valence-electron chi connectivity index (χ1n) is 6.35. The molecular weight excluding hydrogens is 228 g/mol. The van der Waals surface area contributed by atoms with Gasteiger partial charge in [0.2, 0.25) is 5.91 Å². The lowest BCUT2D eigenvalue weighted by molar-refractivity contribution is -0.130. The third-order valence-corrected chi connectivity index (χ3v) is 3.51. The number of aliphatic hydroxyl groups is 1. The van der Waals surface area contributed by atoms with Gasteiger partial charge in [-0.3, -0.25) is 4.79 Å². The van der Waals surface area contributed by atoms with Crippen LogP contribution in [0.25, 0.3) is 0 Å². The first-order chi connectivity index (χ1) is 8.59. The van der Waals surface area contributed by atoms with Crippen molar-refractivity contribution < 1.29 is 9.90 Å². The molecule has 0 aromatic heterocycles. The largest absolute Gasteiger partial charge is 0.391 e. The Morgan fingerprint density at radius 1 is 1.33 bits per heavy atom. The first kappa shape index (κ1) is 12.9. The minimum absolute atomic E-state index is 0.0370. The number of anilines is 1. The summed E-state index contributed by atoms with van der Waals surface area (Å²) >= 11 is 0. The van der Waals surface area contributed by atoms with E-state index in [4.69, 9.17) is 0 Å². The molecule has 4 nitrogen and oxygen atoms in total. The summed E-state index contributed by atoms with van der Waals surface area (Å²) in [6, 6.07) is 10.0. The molecule has 0 aliphatic carbocycles. The van der Waals surface area contributed by atoms with Crippen molar-refractivity contribution in [1.82, 2.24) is 4.90 Å². The van der Waals surface area contributed by atoms with Gasteiger partial charge in [-0.15, -0.1) is 0 Å². The average molecular weight is 248 g/mol. The number of amides is 1. The summed E-state index contributed by atoms with van der Waals surface area (Å²) in [6.07, 6.45) is -0.465. The molecule has 1 amide bonds. The van der Waals surface area contributed by atoms with Crippen molar-refractivity contribution in [3.8, 4) is 0 Å². The number of rotatable bonds is 2. The van der Waals surface area contributed by atoms with Gasteiger partial charge in [0.05, 0.1) is 12.1 Å². The molecule has 0 radical (unpaired) electrons. The molecule has 2 unspecified atom stereocenters. The van der Waals surface area contributed by atoms with Crippen LogP contribution in [0.5, 0.6) is 0 Å². The van der Waals surface area contributed by atoms with E-state index in [2.05, 4.69) is 4.90 Å². The summed E-state index contributed by atoms with van der Waals surface area (Å²) in [4.78, 5) is 15.4. The SMILES string of the molecule is CC(=O)N1CCN(c2ccccc2)C(C(C)O)C1. The highest BCUT2D eigenvalue weighted by Gasteiger charge is 2.31. The average Bonchev–Trinajstić information content (AvgIpc) is 2.39. The van der Waals surface area contributed by atoms with Crippen LogP contribution >= 0.6 is 0 Å². The number of para-hydroxylation sites is 1. The number of carbonyl (C=O) groups excluding carboxylic acids is 1. The maximum absolute atomic E-state index is 11.4. The van der Waals surface area contributed by atoms with E-state index < -0.39 is 6.10 Å². The van der Waals surface area contributed by atoms with E-state index in [9.17, 15) is 9.90 Å². The summed E-state index contributed by atoms with van der Waals surface area (Å²) < 4.78 is 0. The smallest absolute Gasteiger partial charge is 0.219 e. The van der Waals surface area contributed by atoms with Gasteiger partial charge in [0.15, 0.2) is 0 Å². The standard InChI is InChI=1S/C14H20N2O2/c1-11(17)14-10-15(12(2)18)8-9-16(14)13-6-4-3-5-7-13/h3-7,11,14,17H,8-10H2,1-2H3. The normalized spacial score (nSPS) is 21.8. The molecule has 1 aromatic carbocycles. The predicted molar refractivity (Wildman–Crippen MR) is 71.5 cm³/mol. The van der Waals surface area contributed by atoms with Crippen molar-refractivity contribution >= 4 is 11.6 Å². The molecular formula is C14H20N2O2. The van der Waals surface area contributed by atoms with Gasteiger partial charge in [0.25, 0.3) is 0 Å². The molecule has 1 aliphatic heterocycles. The fraction of sp³-hybridized carbons (Fsp3) is 0.500. The Bertz CT molecular complexity index is 406. The van der Waals surface area contributed by atoms with E-state index in [1.807, 2.05) is 30.3 Å². The minimum atomic E-state index is -0.465. The Labute approximate surface area is 108 Å². The van der Waals surface area contributed by atoms with Gasteiger partial charge >= 0.3 is 0 Å². The summed E-state index contributed by atoms with van der Waals surface area (Å²) in [5.74, 6) is 0.0772. The highest BCUT2D eigenvalue weighted by molar-refractivity contribution is 5.73. The lowest BCUT2D eigenvalue weighted by atomic mass is 10.1. The number of piperazine rings is 1. The van der Waals surface area contributed by atoms with Gasteiger partial charge in [-0.2, -0.15) is 0 Å². The van der Waals surface area contributed by atoms with Crippen LogP contribution in [0.15, 0.2) is 30.3 Å². The van der Waals surface area contributed by atoms with Crippen molar-refractivity contribution in [1.29, 1.82) is 0 Å². The first-order valence-corrected chi connectivity index (χ1v) is 6.35. The molecule has 98 valence electrons. The van der Waals surface area contributed by atoms with Crippen LogP contribution in [0.3, 0.4) is 0 Å². The number of aliphatic hydroxyl groups excluding tert-OH is 1. The van der Waals surface area contributed by atoms with Gasteiger partial charge in [-0.25, -0.2) is 0 Å². The van der Waals surface area contributed by atoms with Crippen LogP contribution in [0.1, 0.15) is 13.8 Å². The maximum atomic E-state index is 11.4. The maximum Gasteiger partial charge on any atom is 0.219 e. The molecule has 2 atom stereocenters. The van der Waals surface area contributed by atoms with E-state index in [0.29, 0.717) is 13.1 Å². The van der Waals surface area contributed by atoms with Crippen LogP contribution in [0, 0.1) is 0 Å². The number of hydrogen-bond donors (Lipinski definition) is 1. The van der Waals surface area contributed by atoms with Gasteiger partial charge in [-0.05, 0) is 19.1 Å². The second kappa shape index (κ2) is 5.40. The Morgan fingerprint density at radius 3 is 2.56 bits per heavy atom. The van der Waals surface area contributed by atoms with Crippen LogP contribution in [0.2, 0.25) is 0 Å². The fourth-order valence-electron chi connectivity index (χ4n) is 2.45. The molecule has 1 N–H and O–H groups in total. The van der Waals surface area contributed by atoms with Gasteiger partial charge in [0, 0.05) is 32.2 Å². The molecule has 4 heteroatoms. The Hall–Kier alpha value is -1.55. The number of hydrogen-bond acceptors (Lipinski definition) is 3.